The Bertz CT molecular complexity index is 856. The van der Waals surface area contributed by atoms with Crippen LogP contribution in [0.1, 0.15) is 85.6 Å². The van der Waals surface area contributed by atoms with Crippen molar-refractivity contribution in [1.82, 2.24) is 10.2 Å². The molecule has 2 rings (SSSR count). The van der Waals surface area contributed by atoms with Crippen molar-refractivity contribution in [2.45, 2.75) is 92.0 Å². The largest absolute Gasteiger partial charge is 0.493 e. The number of benzene rings is 1. The fourth-order valence-electron chi connectivity index (χ4n) is 6.14. The molecule has 7 heteroatoms. The third-order valence-corrected chi connectivity index (χ3v) is 8.44. The van der Waals surface area contributed by atoms with Crippen LogP contribution < -0.4 is 14.8 Å². The van der Waals surface area contributed by atoms with Crippen molar-refractivity contribution in [3.05, 3.63) is 23.8 Å². The van der Waals surface area contributed by atoms with Crippen LogP contribution in [0.3, 0.4) is 0 Å². The Kier molecular flexibility index (Phi) is 14.8. The van der Waals surface area contributed by atoms with E-state index in [-0.39, 0.29) is 28.7 Å². The van der Waals surface area contributed by atoms with E-state index in [4.69, 9.17) is 18.9 Å². The van der Waals surface area contributed by atoms with E-state index in [1.807, 2.05) is 6.07 Å². The van der Waals surface area contributed by atoms with Crippen LogP contribution in [-0.4, -0.2) is 76.6 Å². The molecule has 0 spiro atoms. The third-order valence-electron chi connectivity index (χ3n) is 8.44. The third kappa shape index (κ3) is 10.5. The number of methoxy groups -OCH3 is 2. The van der Waals surface area contributed by atoms with Crippen molar-refractivity contribution in [2.24, 2.45) is 17.3 Å². The van der Waals surface area contributed by atoms with Crippen LogP contribution in [-0.2, 0) is 20.7 Å². The standard InChI is InChI=1S/C33H58N2O5/c1-26(2)33(27(3)4,31(36)34-32(5,6)25-35-18-22-39-23-19-35)17-12-10-9-11-14-28-15-16-29(38-8)30(24-28)40-21-13-20-37-7/h15-16,24,26-27H,9-14,17-23,25H2,1-8H3,(H,34,36). The first-order valence-electron chi connectivity index (χ1n) is 15.5. The van der Waals surface area contributed by atoms with Gasteiger partial charge in [-0.2, -0.15) is 0 Å². The first-order chi connectivity index (χ1) is 19.1. The maximum Gasteiger partial charge on any atom is 0.227 e. The molecule has 40 heavy (non-hydrogen) atoms. The average molecular weight is 563 g/mol. The Morgan fingerprint density at radius 3 is 2.25 bits per heavy atom. The van der Waals surface area contributed by atoms with E-state index >= 15 is 0 Å². The highest BCUT2D eigenvalue weighted by Gasteiger charge is 2.45. The lowest BCUT2D eigenvalue weighted by Gasteiger charge is -2.43. The fourth-order valence-corrected chi connectivity index (χ4v) is 6.14. The number of carbonyl (C=O) groups excluding carboxylic acids is 1. The summed E-state index contributed by atoms with van der Waals surface area (Å²) in [5.74, 6) is 2.33. The molecule has 0 radical (unpaired) electrons. The van der Waals surface area contributed by atoms with Gasteiger partial charge in [0.25, 0.3) is 0 Å². The number of ether oxygens (including phenoxy) is 4. The molecule has 1 saturated heterocycles. The van der Waals surface area contributed by atoms with Gasteiger partial charge >= 0.3 is 0 Å². The highest BCUT2D eigenvalue weighted by atomic mass is 16.5. The minimum Gasteiger partial charge on any atom is -0.493 e. The van der Waals surface area contributed by atoms with Crippen LogP contribution >= 0.6 is 0 Å². The molecule has 1 heterocycles. The minimum atomic E-state index is -0.368. The van der Waals surface area contributed by atoms with Gasteiger partial charge < -0.3 is 24.3 Å². The van der Waals surface area contributed by atoms with Crippen LogP contribution in [0.4, 0.5) is 0 Å². The zero-order valence-electron chi connectivity index (χ0n) is 26.8. The van der Waals surface area contributed by atoms with Gasteiger partial charge in [-0.25, -0.2) is 0 Å². The normalized spacial score (nSPS) is 15.1. The van der Waals surface area contributed by atoms with Crippen LogP contribution in [0.5, 0.6) is 11.5 Å². The summed E-state index contributed by atoms with van der Waals surface area (Å²) in [4.78, 5) is 16.3. The minimum absolute atomic E-state index is 0.215. The van der Waals surface area contributed by atoms with Gasteiger partial charge in [0.2, 0.25) is 5.91 Å². The van der Waals surface area contributed by atoms with Gasteiger partial charge in [0.1, 0.15) is 0 Å². The van der Waals surface area contributed by atoms with E-state index in [0.29, 0.717) is 13.2 Å². The SMILES string of the molecule is COCCCOc1cc(CCCCCCC(C(=O)NC(C)(C)CN2CCOCC2)(C(C)C)C(C)C)ccc1OC. The second-order valence-electron chi connectivity index (χ2n) is 12.7. The van der Waals surface area contributed by atoms with Crippen LogP contribution in [0.2, 0.25) is 0 Å². The van der Waals surface area contributed by atoms with Gasteiger partial charge in [-0.1, -0.05) is 53.0 Å². The van der Waals surface area contributed by atoms with Crippen molar-refractivity contribution >= 4 is 5.91 Å². The van der Waals surface area contributed by atoms with Crippen molar-refractivity contribution in [1.29, 1.82) is 0 Å². The van der Waals surface area contributed by atoms with Crippen molar-refractivity contribution < 1.29 is 23.7 Å². The first kappa shape index (κ1) is 34.4. The Morgan fingerprint density at radius 1 is 0.950 bits per heavy atom. The number of nitrogens with one attached hydrogen (secondary N) is 1. The van der Waals surface area contributed by atoms with Gasteiger partial charge in [0, 0.05) is 45.3 Å². The molecule has 1 aromatic rings. The maximum atomic E-state index is 13.9. The van der Waals surface area contributed by atoms with E-state index in [9.17, 15) is 4.79 Å². The summed E-state index contributed by atoms with van der Waals surface area (Å²) in [7, 11) is 3.38. The Labute approximate surface area is 244 Å². The van der Waals surface area contributed by atoms with Crippen LogP contribution in [0.25, 0.3) is 0 Å². The molecule has 0 aliphatic carbocycles. The van der Waals surface area contributed by atoms with E-state index < -0.39 is 0 Å². The van der Waals surface area contributed by atoms with E-state index in [1.54, 1.807) is 14.2 Å². The molecule has 1 aliphatic rings. The van der Waals surface area contributed by atoms with E-state index in [0.717, 1.165) is 89.3 Å². The predicted octanol–water partition coefficient (Wildman–Crippen LogP) is 6.13. The number of hydrogen-bond donors (Lipinski definition) is 1. The summed E-state index contributed by atoms with van der Waals surface area (Å²) in [5.41, 5.74) is 0.615. The number of morpholine rings is 1. The summed E-state index contributed by atoms with van der Waals surface area (Å²) in [6, 6.07) is 6.24. The smallest absolute Gasteiger partial charge is 0.227 e. The Balaban J connectivity index is 1.88. The zero-order chi connectivity index (χ0) is 29.6. The Hall–Kier alpha value is -1.83. The number of carbonyl (C=O) groups is 1. The lowest BCUT2D eigenvalue weighted by atomic mass is 9.65. The average Bonchev–Trinajstić information content (AvgIpc) is 2.90. The first-order valence-corrected chi connectivity index (χ1v) is 15.5. The molecule has 0 atom stereocenters. The second-order valence-corrected chi connectivity index (χ2v) is 12.7. The monoisotopic (exact) mass is 562 g/mol. The molecule has 7 nitrogen and oxygen atoms in total. The molecule has 0 bridgehead atoms. The van der Waals surface area contributed by atoms with Gasteiger partial charge in [-0.3, -0.25) is 9.69 Å². The van der Waals surface area contributed by atoms with E-state index in [1.165, 1.54) is 5.56 Å². The number of unbranched alkanes of at least 4 members (excludes halogenated alkanes) is 3. The lowest BCUT2D eigenvalue weighted by molar-refractivity contribution is -0.140. The molecule has 1 fully saturated rings. The summed E-state index contributed by atoms with van der Waals surface area (Å²) >= 11 is 0. The van der Waals surface area contributed by atoms with Crippen molar-refractivity contribution in [3.8, 4) is 11.5 Å². The number of aryl methyl sites for hydroxylation is 1. The molecule has 1 N–H and O–H groups in total. The van der Waals surface area contributed by atoms with Crippen LogP contribution in [0.15, 0.2) is 18.2 Å². The van der Waals surface area contributed by atoms with E-state index in [2.05, 4.69) is 63.9 Å². The van der Waals surface area contributed by atoms with Gasteiger partial charge in [0.15, 0.2) is 11.5 Å². The molecule has 1 aliphatic heterocycles. The summed E-state index contributed by atoms with van der Waals surface area (Å²) in [6.07, 6.45) is 7.23. The maximum absolute atomic E-state index is 13.9. The number of rotatable bonds is 19. The highest BCUT2D eigenvalue weighted by Crippen LogP contribution is 2.42. The van der Waals surface area contributed by atoms with Gasteiger partial charge in [-0.05, 0) is 62.6 Å². The molecular formula is C33H58N2O5. The lowest BCUT2D eigenvalue weighted by Crippen LogP contribution is -2.58. The highest BCUT2D eigenvalue weighted by molar-refractivity contribution is 5.84. The molecule has 1 amide bonds. The topological polar surface area (TPSA) is 69.3 Å². The predicted molar refractivity (Wildman–Crippen MR) is 163 cm³/mol. The molecule has 0 unspecified atom stereocenters. The molecular weight excluding hydrogens is 504 g/mol. The van der Waals surface area contributed by atoms with Crippen molar-refractivity contribution in [2.75, 3.05) is 60.3 Å². The number of nitrogens with zero attached hydrogens (tertiary/aromatic N) is 1. The number of hydrogen-bond acceptors (Lipinski definition) is 6. The molecule has 0 aromatic heterocycles. The molecule has 230 valence electrons. The summed E-state index contributed by atoms with van der Waals surface area (Å²) < 4.78 is 22.0. The fraction of sp³-hybridized carbons (Fsp3) is 0.788. The summed E-state index contributed by atoms with van der Waals surface area (Å²) in [5, 5.41) is 3.47. The zero-order valence-corrected chi connectivity index (χ0v) is 26.8. The van der Waals surface area contributed by atoms with Crippen molar-refractivity contribution in [3.63, 3.8) is 0 Å². The number of amides is 1. The molecule has 1 aromatic carbocycles. The van der Waals surface area contributed by atoms with Crippen LogP contribution in [0, 0.1) is 17.3 Å². The second kappa shape index (κ2) is 17.2. The summed E-state index contributed by atoms with van der Waals surface area (Å²) in [6.45, 7) is 18.7. The van der Waals surface area contributed by atoms with Gasteiger partial charge in [0.05, 0.1) is 32.3 Å². The Morgan fingerprint density at radius 2 is 1.62 bits per heavy atom. The van der Waals surface area contributed by atoms with Gasteiger partial charge in [-0.15, -0.1) is 0 Å². The quantitative estimate of drug-likeness (QED) is 0.205. The molecule has 0 saturated carbocycles.